The molecule has 0 aliphatic heterocycles. The van der Waals surface area contributed by atoms with Gasteiger partial charge in [-0.15, -0.1) is 11.3 Å². The lowest BCUT2D eigenvalue weighted by Gasteiger charge is -2.15. The predicted octanol–water partition coefficient (Wildman–Crippen LogP) is 5.45. The highest BCUT2D eigenvalue weighted by Crippen LogP contribution is 2.28. The fourth-order valence-electron chi connectivity index (χ4n) is 3.12. The Labute approximate surface area is 199 Å². The highest BCUT2D eigenvalue weighted by molar-refractivity contribution is 7.13. The molecule has 0 bridgehead atoms. The summed E-state index contributed by atoms with van der Waals surface area (Å²) in [5.41, 5.74) is 1.94. The summed E-state index contributed by atoms with van der Waals surface area (Å²) >= 11 is 7.54. The van der Waals surface area contributed by atoms with Crippen LogP contribution in [0.15, 0.2) is 72.1 Å². The standard InChI is InChI=1S/C24H20ClN3O4S/c1-15(23(29)26-18-13-16(25)10-11-21(18)31-2)32-24(30)20-14-19(22-9-6-12-33-22)27-28(20)17-7-4-3-5-8-17/h3-15H,1-2H3,(H,26,29). The van der Waals surface area contributed by atoms with E-state index in [0.29, 0.717) is 27.8 Å². The second kappa shape index (κ2) is 9.89. The zero-order valence-electron chi connectivity index (χ0n) is 17.8. The van der Waals surface area contributed by atoms with Crippen LogP contribution in [0.4, 0.5) is 5.69 Å². The van der Waals surface area contributed by atoms with Gasteiger partial charge in [0.25, 0.3) is 5.91 Å². The number of nitrogens with zero attached hydrogens (tertiary/aromatic N) is 2. The van der Waals surface area contributed by atoms with E-state index in [9.17, 15) is 9.59 Å². The van der Waals surface area contributed by atoms with Crippen molar-refractivity contribution in [1.29, 1.82) is 0 Å². The quantitative estimate of drug-likeness (QED) is 0.355. The minimum Gasteiger partial charge on any atom is -0.495 e. The van der Waals surface area contributed by atoms with Crippen molar-refractivity contribution >= 4 is 40.5 Å². The molecular weight excluding hydrogens is 462 g/mol. The summed E-state index contributed by atoms with van der Waals surface area (Å²) in [5.74, 6) is -0.753. The van der Waals surface area contributed by atoms with Crippen LogP contribution in [0.2, 0.25) is 5.02 Å². The molecule has 0 saturated heterocycles. The minimum atomic E-state index is -1.08. The zero-order valence-corrected chi connectivity index (χ0v) is 19.4. The number of halogens is 1. The smallest absolute Gasteiger partial charge is 0.357 e. The monoisotopic (exact) mass is 481 g/mol. The van der Waals surface area contributed by atoms with Gasteiger partial charge in [0.2, 0.25) is 0 Å². The Morgan fingerprint density at radius 2 is 1.88 bits per heavy atom. The lowest BCUT2D eigenvalue weighted by molar-refractivity contribution is -0.123. The third-order valence-electron chi connectivity index (χ3n) is 4.77. The molecule has 4 aromatic rings. The van der Waals surface area contributed by atoms with E-state index in [4.69, 9.17) is 21.1 Å². The number of benzene rings is 2. The number of carbonyl (C=O) groups excluding carboxylic acids is 2. The molecule has 2 aromatic carbocycles. The van der Waals surface area contributed by atoms with Crippen LogP contribution < -0.4 is 10.1 Å². The van der Waals surface area contributed by atoms with Crippen LogP contribution in [0.1, 0.15) is 17.4 Å². The molecule has 2 heterocycles. The van der Waals surface area contributed by atoms with Gasteiger partial charge >= 0.3 is 5.97 Å². The van der Waals surface area contributed by atoms with E-state index in [1.54, 1.807) is 24.3 Å². The first-order valence-corrected chi connectivity index (χ1v) is 11.3. The number of carbonyl (C=O) groups is 2. The Morgan fingerprint density at radius 3 is 2.58 bits per heavy atom. The molecule has 0 spiro atoms. The van der Waals surface area contributed by atoms with Gasteiger partial charge in [-0.25, -0.2) is 9.48 Å². The first kappa shape index (κ1) is 22.6. The molecule has 0 aliphatic rings. The van der Waals surface area contributed by atoms with Gasteiger partial charge in [0.15, 0.2) is 11.8 Å². The normalized spacial score (nSPS) is 11.6. The van der Waals surface area contributed by atoms with Crippen LogP contribution in [0.25, 0.3) is 16.3 Å². The van der Waals surface area contributed by atoms with Crippen LogP contribution in [0.3, 0.4) is 0 Å². The fourth-order valence-corrected chi connectivity index (χ4v) is 3.98. The van der Waals surface area contributed by atoms with Crippen molar-refractivity contribution in [3.63, 3.8) is 0 Å². The third kappa shape index (κ3) is 5.08. The van der Waals surface area contributed by atoms with Crippen LogP contribution in [0.5, 0.6) is 5.75 Å². The number of hydrogen-bond acceptors (Lipinski definition) is 6. The van der Waals surface area contributed by atoms with E-state index >= 15 is 0 Å². The topological polar surface area (TPSA) is 82.4 Å². The SMILES string of the molecule is COc1ccc(Cl)cc1NC(=O)C(C)OC(=O)c1cc(-c2cccs2)nn1-c1ccccc1. The van der Waals surface area contributed by atoms with Crippen molar-refractivity contribution in [2.75, 3.05) is 12.4 Å². The molecule has 4 rings (SSSR count). The van der Waals surface area contributed by atoms with E-state index in [1.165, 1.54) is 30.1 Å². The van der Waals surface area contributed by atoms with E-state index < -0.39 is 18.0 Å². The number of hydrogen-bond donors (Lipinski definition) is 1. The first-order chi connectivity index (χ1) is 16.0. The van der Waals surface area contributed by atoms with Gasteiger partial charge in [-0.2, -0.15) is 5.10 Å². The second-order valence-electron chi connectivity index (χ2n) is 7.02. The van der Waals surface area contributed by atoms with Crippen molar-refractivity contribution < 1.29 is 19.1 Å². The summed E-state index contributed by atoms with van der Waals surface area (Å²) in [5, 5.41) is 9.65. The zero-order chi connectivity index (χ0) is 23.4. The summed E-state index contributed by atoms with van der Waals surface area (Å²) in [6, 6.07) is 19.6. The van der Waals surface area contributed by atoms with Crippen molar-refractivity contribution in [2.24, 2.45) is 0 Å². The highest BCUT2D eigenvalue weighted by atomic mass is 35.5. The van der Waals surface area contributed by atoms with Gasteiger partial charge in [-0.3, -0.25) is 4.79 Å². The van der Waals surface area contributed by atoms with E-state index in [-0.39, 0.29) is 5.69 Å². The predicted molar refractivity (Wildman–Crippen MR) is 128 cm³/mol. The molecule has 1 unspecified atom stereocenters. The molecule has 0 aliphatic carbocycles. The number of para-hydroxylation sites is 1. The Kier molecular flexibility index (Phi) is 6.76. The maximum Gasteiger partial charge on any atom is 0.357 e. The molecule has 0 saturated carbocycles. The first-order valence-electron chi connectivity index (χ1n) is 10.0. The third-order valence-corrected chi connectivity index (χ3v) is 5.89. The van der Waals surface area contributed by atoms with Gasteiger partial charge in [0.05, 0.1) is 23.4 Å². The number of aromatic nitrogens is 2. The van der Waals surface area contributed by atoms with Crippen LogP contribution in [-0.2, 0) is 9.53 Å². The molecule has 1 amide bonds. The number of rotatable bonds is 7. The molecule has 168 valence electrons. The number of anilines is 1. The van der Waals surface area contributed by atoms with Crippen molar-refractivity contribution in [3.05, 3.63) is 82.8 Å². The van der Waals surface area contributed by atoms with Crippen LogP contribution >= 0.6 is 22.9 Å². The Bertz CT molecular complexity index is 1270. The lowest BCUT2D eigenvalue weighted by atomic mass is 10.2. The van der Waals surface area contributed by atoms with E-state index in [2.05, 4.69) is 10.4 Å². The van der Waals surface area contributed by atoms with Gasteiger partial charge in [0, 0.05) is 11.1 Å². The van der Waals surface area contributed by atoms with Crippen molar-refractivity contribution in [1.82, 2.24) is 9.78 Å². The van der Waals surface area contributed by atoms with Crippen molar-refractivity contribution in [2.45, 2.75) is 13.0 Å². The maximum atomic E-state index is 13.1. The van der Waals surface area contributed by atoms with E-state index in [0.717, 1.165) is 4.88 Å². The number of amides is 1. The van der Waals surface area contributed by atoms with Gasteiger partial charge in [-0.1, -0.05) is 35.9 Å². The number of thiophene rings is 1. The molecular formula is C24H20ClN3O4S. The molecule has 9 heteroatoms. The number of ether oxygens (including phenoxy) is 2. The summed E-state index contributed by atoms with van der Waals surface area (Å²) in [6.07, 6.45) is -1.08. The molecule has 1 atom stereocenters. The minimum absolute atomic E-state index is 0.213. The molecule has 2 aromatic heterocycles. The summed E-state index contributed by atoms with van der Waals surface area (Å²) in [4.78, 5) is 26.7. The summed E-state index contributed by atoms with van der Waals surface area (Å²) in [6.45, 7) is 1.49. The van der Waals surface area contributed by atoms with Gasteiger partial charge in [0.1, 0.15) is 11.4 Å². The Hall–Kier alpha value is -3.62. The molecule has 1 N–H and O–H groups in total. The highest BCUT2D eigenvalue weighted by Gasteiger charge is 2.24. The fraction of sp³-hybridized carbons (Fsp3) is 0.125. The number of nitrogens with one attached hydrogen (secondary N) is 1. The van der Waals surface area contributed by atoms with Crippen LogP contribution in [-0.4, -0.2) is 34.9 Å². The second-order valence-corrected chi connectivity index (χ2v) is 8.40. The molecule has 0 radical (unpaired) electrons. The van der Waals surface area contributed by atoms with Gasteiger partial charge < -0.3 is 14.8 Å². The lowest BCUT2D eigenvalue weighted by Crippen LogP contribution is -2.30. The van der Waals surface area contributed by atoms with Crippen LogP contribution in [0, 0.1) is 0 Å². The van der Waals surface area contributed by atoms with Crippen molar-refractivity contribution in [3.8, 4) is 22.0 Å². The number of esters is 1. The molecule has 33 heavy (non-hydrogen) atoms. The maximum absolute atomic E-state index is 13.1. The van der Waals surface area contributed by atoms with Gasteiger partial charge in [-0.05, 0) is 48.7 Å². The Balaban J connectivity index is 1.56. The number of methoxy groups -OCH3 is 1. The summed E-state index contributed by atoms with van der Waals surface area (Å²) < 4.78 is 12.2. The average Bonchev–Trinajstić information content (AvgIpc) is 3.50. The molecule has 0 fully saturated rings. The summed E-state index contributed by atoms with van der Waals surface area (Å²) in [7, 11) is 1.48. The Morgan fingerprint density at radius 1 is 1.09 bits per heavy atom. The van der Waals surface area contributed by atoms with E-state index in [1.807, 2.05) is 47.8 Å². The molecule has 7 nitrogen and oxygen atoms in total. The average molecular weight is 482 g/mol. The largest absolute Gasteiger partial charge is 0.495 e.